The molecule has 1 N–H and O–H groups in total. The Morgan fingerprint density at radius 1 is 1.35 bits per heavy atom. The number of amides is 1. The van der Waals surface area contributed by atoms with Crippen molar-refractivity contribution in [1.29, 1.82) is 0 Å². The molecule has 2 aromatic rings. The Morgan fingerprint density at radius 2 is 2.04 bits per heavy atom. The third-order valence-corrected chi connectivity index (χ3v) is 5.33. The van der Waals surface area contributed by atoms with Crippen LogP contribution in [0.15, 0.2) is 24.3 Å². The van der Waals surface area contributed by atoms with Gasteiger partial charge in [-0.2, -0.15) is 0 Å². The van der Waals surface area contributed by atoms with Crippen LogP contribution in [-0.4, -0.2) is 39.5 Å². The summed E-state index contributed by atoms with van der Waals surface area (Å²) in [7, 11) is 0. The van der Waals surface area contributed by atoms with E-state index in [0.717, 1.165) is 10.6 Å². The van der Waals surface area contributed by atoms with Crippen LogP contribution in [0.2, 0.25) is 5.02 Å². The van der Waals surface area contributed by atoms with Gasteiger partial charge in [0, 0.05) is 17.1 Å². The molecule has 0 aliphatic carbocycles. The summed E-state index contributed by atoms with van der Waals surface area (Å²) in [5.74, 6) is -1.19. The predicted octanol–water partition coefficient (Wildman–Crippen LogP) is 3.46. The number of carboxylic acid groups (broad SMARTS) is 1. The van der Waals surface area contributed by atoms with Crippen molar-refractivity contribution in [1.82, 2.24) is 9.88 Å². The van der Waals surface area contributed by atoms with Crippen LogP contribution in [0.1, 0.15) is 28.2 Å². The maximum Gasteiger partial charge on any atom is 0.326 e. The highest BCUT2D eigenvalue weighted by Crippen LogP contribution is 2.31. The van der Waals surface area contributed by atoms with Gasteiger partial charge in [-0.3, -0.25) is 4.79 Å². The molecular weight excluding hydrogens is 336 g/mol. The SMILES string of the molecule is Cc1nc(-c2ccc(Cl)cc2)sc1C(=O)N1CCC[C@H]1C(=O)O. The smallest absolute Gasteiger partial charge is 0.326 e. The number of aryl methyl sites for hydroxylation is 1. The zero-order valence-electron chi connectivity index (χ0n) is 12.5. The number of carbonyl (C=O) groups excluding carboxylic acids is 1. The summed E-state index contributed by atoms with van der Waals surface area (Å²) in [5, 5.41) is 10.6. The van der Waals surface area contributed by atoms with E-state index in [-0.39, 0.29) is 5.91 Å². The Labute approximate surface area is 142 Å². The molecule has 0 spiro atoms. The summed E-state index contributed by atoms with van der Waals surface area (Å²) >= 11 is 7.17. The molecule has 1 aromatic carbocycles. The first-order chi connectivity index (χ1) is 11.0. The molecular formula is C16H15ClN2O3S. The fraction of sp³-hybridized carbons (Fsp3) is 0.312. The van der Waals surface area contributed by atoms with E-state index in [1.807, 2.05) is 12.1 Å². The van der Waals surface area contributed by atoms with Crippen LogP contribution < -0.4 is 0 Å². The maximum absolute atomic E-state index is 12.7. The molecule has 1 amide bonds. The summed E-state index contributed by atoms with van der Waals surface area (Å²) in [4.78, 5) is 30.4. The topological polar surface area (TPSA) is 70.5 Å². The van der Waals surface area contributed by atoms with Crippen molar-refractivity contribution in [3.63, 3.8) is 0 Å². The molecule has 1 fully saturated rings. The predicted molar refractivity (Wildman–Crippen MR) is 89.0 cm³/mol. The van der Waals surface area contributed by atoms with Crippen LogP contribution in [0, 0.1) is 6.92 Å². The molecule has 120 valence electrons. The van der Waals surface area contributed by atoms with E-state index in [1.54, 1.807) is 19.1 Å². The number of hydrogen-bond donors (Lipinski definition) is 1. The lowest BCUT2D eigenvalue weighted by molar-refractivity contribution is -0.141. The summed E-state index contributed by atoms with van der Waals surface area (Å²) in [6, 6.07) is 6.52. The van der Waals surface area contributed by atoms with Crippen LogP contribution in [0.3, 0.4) is 0 Å². The van der Waals surface area contributed by atoms with Gasteiger partial charge < -0.3 is 10.0 Å². The van der Waals surface area contributed by atoms with E-state index in [2.05, 4.69) is 4.98 Å². The third kappa shape index (κ3) is 3.09. The number of likely N-dealkylation sites (tertiary alicyclic amines) is 1. The van der Waals surface area contributed by atoms with E-state index in [0.29, 0.717) is 35.0 Å². The Morgan fingerprint density at radius 3 is 2.70 bits per heavy atom. The molecule has 1 atom stereocenters. The number of rotatable bonds is 3. The zero-order valence-corrected chi connectivity index (χ0v) is 14.0. The minimum atomic E-state index is -0.948. The van der Waals surface area contributed by atoms with Crippen LogP contribution in [0.5, 0.6) is 0 Å². The lowest BCUT2D eigenvalue weighted by atomic mass is 10.2. The van der Waals surface area contributed by atoms with Crippen molar-refractivity contribution in [2.75, 3.05) is 6.54 Å². The van der Waals surface area contributed by atoms with Gasteiger partial charge in [-0.25, -0.2) is 9.78 Å². The summed E-state index contributed by atoms with van der Waals surface area (Å²) in [6.07, 6.45) is 1.22. The van der Waals surface area contributed by atoms with Gasteiger partial charge in [-0.15, -0.1) is 11.3 Å². The van der Waals surface area contributed by atoms with Gasteiger partial charge in [0.1, 0.15) is 15.9 Å². The first kappa shape index (κ1) is 16.0. The minimum Gasteiger partial charge on any atom is -0.480 e. The van der Waals surface area contributed by atoms with Gasteiger partial charge in [-0.1, -0.05) is 23.7 Å². The van der Waals surface area contributed by atoms with Gasteiger partial charge >= 0.3 is 5.97 Å². The fourth-order valence-electron chi connectivity index (χ4n) is 2.71. The van der Waals surface area contributed by atoms with Crippen molar-refractivity contribution in [2.24, 2.45) is 0 Å². The minimum absolute atomic E-state index is 0.245. The Kier molecular flexibility index (Phi) is 4.37. The molecule has 1 aromatic heterocycles. The monoisotopic (exact) mass is 350 g/mol. The largest absolute Gasteiger partial charge is 0.480 e. The number of aromatic nitrogens is 1. The first-order valence-corrected chi connectivity index (χ1v) is 8.44. The van der Waals surface area contributed by atoms with E-state index in [1.165, 1.54) is 16.2 Å². The second-order valence-electron chi connectivity index (χ2n) is 5.44. The van der Waals surface area contributed by atoms with Crippen molar-refractivity contribution in [2.45, 2.75) is 25.8 Å². The summed E-state index contributed by atoms with van der Waals surface area (Å²) in [6.45, 7) is 2.25. The van der Waals surface area contributed by atoms with Crippen molar-refractivity contribution in [3.05, 3.63) is 39.9 Å². The van der Waals surface area contributed by atoms with Crippen LogP contribution in [-0.2, 0) is 4.79 Å². The Hall–Kier alpha value is -1.92. The molecule has 7 heteroatoms. The number of carbonyl (C=O) groups is 2. The molecule has 0 bridgehead atoms. The summed E-state index contributed by atoms with van der Waals surface area (Å²) < 4.78 is 0. The quantitative estimate of drug-likeness (QED) is 0.920. The van der Waals surface area contributed by atoms with E-state index < -0.39 is 12.0 Å². The van der Waals surface area contributed by atoms with Crippen molar-refractivity contribution >= 4 is 34.8 Å². The molecule has 1 saturated heterocycles. The highest BCUT2D eigenvalue weighted by atomic mass is 35.5. The lowest BCUT2D eigenvalue weighted by Crippen LogP contribution is -2.40. The lowest BCUT2D eigenvalue weighted by Gasteiger charge is -2.20. The average molecular weight is 351 g/mol. The molecule has 1 aliphatic rings. The number of benzene rings is 1. The second-order valence-corrected chi connectivity index (χ2v) is 6.87. The van der Waals surface area contributed by atoms with E-state index in [9.17, 15) is 14.7 Å². The van der Waals surface area contributed by atoms with Crippen LogP contribution >= 0.6 is 22.9 Å². The second kappa shape index (κ2) is 6.29. The van der Waals surface area contributed by atoms with Crippen LogP contribution in [0.25, 0.3) is 10.6 Å². The number of halogens is 1. The average Bonchev–Trinajstić information content (AvgIpc) is 3.14. The Bertz CT molecular complexity index is 757. The molecule has 3 rings (SSSR count). The fourth-order valence-corrected chi connectivity index (χ4v) is 3.86. The molecule has 5 nitrogen and oxygen atoms in total. The van der Waals surface area contributed by atoms with Gasteiger partial charge in [-0.05, 0) is 31.9 Å². The zero-order chi connectivity index (χ0) is 16.6. The molecule has 0 saturated carbocycles. The van der Waals surface area contributed by atoms with Gasteiger partial charge in [0.2, 0.25) is 0 Å². The number of thiazole rings is 1. The molecule has 1 aliphatic heterocycles. The number of nitrogens with zero attached hydrogens (tertiary/aromatic N) is 2. The molecule has 0 unspecified atom stereocenters. The molecule has 23 heavy (non-hydrogen) atoms. The summed E-state index contributed by atoms with van der Waals surface area (Å²) in [5.41, 5.74) is 1.51. The number of hydrogen-bond acceptors (Lipinski definition) is 4. The van der Waals surface area contributed by atoms with Crippen molar-refractivity contribution in [3.8, 4) is 10.6 Å². The van der Waals surface area contributed by atoms with Gasteiger partial charge in [0.15, 0.2) is 0 Å². The van der Waals surface area contributed by atoms with Gasteiger partial charge in [0.05, 0.1) is 5.69 Å². The first-order valence-electron chi connectivity index (χ1n) is 7.24. The third-order valence-electron chi connectivity index (χ3n) is 3.88. The standard InChI is InChI=1S/C16H15ClN2O3S/c1-9-13(15(20)19-8-2-3-12(19)16(21)22)23-14(18-9)10-4-6-11(17)7-5-10/h4-7,12H,2-3,8H2,1H3,(H,21,22)/t12-/m0/s1. The number of carboxylic acids is 1. The highest BCUT2D eigenvalue weighted by Gasteiger charge is 2.35. The normalized spacial score (nSPS) is 17.5. The van der Waals surface area contributed by atoms with Crippen molar-refractivity contribution < 1.29 is 14.7 Å². The van der Waals surface area contributed by atoms with E-state index in [4.69, 9.17) is 11.6 Å². The van der Waals surface area contributed by atoms with Gasteiger partial charge in [0.25, 0.3) is 5.91 Å². The van der Waals surface area contributed by atoms with E-state index >= 15 is 0 Å². The highest BCUT2D eigenvalue weighted by molar-refractivity contribution is 7.17. The number of aliphatic carboxylic acids is 1. The maximum atomic E-state index is 12.7. The Balaban J connectivity index is 1.90. The molecule has 0 radical (unpaired) electrons. The molecule has 2 heterocycles. The van der Waals surface area contributed by atoms with Crippen LogP contribution in [0.4, 0.5) is 0 Å².